The molecular weight excluding hydrogens is 404 g/mol. The summed E-state index contributed by atoms with van der Waals surface area (Å²) in [7, 11) is 0. The maximum atomic E-state index is 12.9. The minimum Gasteiger partial charge on any atom is -0.481 e. The standard InChI is InChI=1S/C31H50O2/c1-26(2)12-7-13-28(4)22(26)11-14-30(6)23(28)9-8-21-24-20(27(3)16-17-27)10-15-31(24,25(32)33)19-18-29(21,30)5/h20-24H,7-19H2,1-6H3,(H,32,33). The SMILES string of the molecule is CC1(C)CCCC2(C)C1CCC1(C)C2CCC2C3C(C4(C)CC4)CCC3(C(=O)O)CCC21C. The molecule has 186 valence electrons. The van der Waals surface area contributed by atoms with Crippen molar-refractivity contribution >= 4 is 5.97 Å². The fraction of sp³-hybridized carbons (Fsp3) is 0.968. The van der Waals surface area contributed by atoms with Crippen LogP contribution >= 0.6 is 0 Å². The molecule has 9 unspecified atom stereocenters. The van der Waals surface area contributed by atoms with Gasteiger partial charge in [-0.2, -0.15) is 0 Å². The zero-order valence-electron chi connectivity index (χ0n) is 22.4. The highest BCUT2D eigenvalue weighted by Crippen LogP contribution is 2.79. The number of carboxylic acid groups (broad SMARTS) is 1. The lowest BCUT2D eigenvalue weighted by molar-refractivity contribution is -0.240. The number of rotatable bonds is 2. The summed E-state index contributed by atoms with van der Waals surface area (Å²) in [4.78, 5) is 12.9. The fourth-order valence-electron chi connectivity index (χ4n) is 12.4. The Bertz CT molecular complexity index is 855. The molecule has 0 aromatic carbocycles. The molecule has 2 heteroatoms. The van der Waals surface area contributed by atoms with Gasteiger partial charge in [0.1, 0.15) is 0 Å². The second-order valence-corrected chi connectivity index (χ2v) is 15.8. The number of carbonyl (C=O) groups is 1. The lowest BCUT2D eigenvalue weighted by atomic mass is 9.32. The molecule has 0 radical (unpaired) electrons. The molecule has 33 heavy (non-hydrogen) atoms. The minimum atomic E-state index is -0.446. The van der Waals surface area contributed by atoms with Gasteiger partial charge in [0.05, 0.1) is 5.41 Å². The van der Waals surface area contributed by atoms with Gasteiger partial charge in [0.15, 0.2) is 0 Å². The van der Waals surface area contributed by atoms with Crippen LogP contribution in [0.4, 0.5) is 0 Å². The van der Waals surface area contributed by atoms with E-state index in [9.17, 15) is 9.90 Å². The third-order valence-corrected chi connectivity index (χ3v) is 14.5. The summed E-state index contributed by atoms with van der Waals surface area (Å²) in [5.41, 5.74) is 1.65. The van der Waals surface area contributed by atoms with Crippen molar-refractivity contribution in [2.45, 2.75) is 125 Å². The molecule has 6 aliphatic rings. The Morgan fingerprint density at radius 1 is 0.667 bits per heavy atom. The second kappa shape index (κ2) is 6.61. The van der Waals surface area contributed by atoms with E-state index < -0.39 is 11.4 Å². The van der Waals surface area contributed by atoms with E-state index >= 15 is 0 Å². The van der Waals surface area contributed by atoms with Gasteiger partial charge < -0.3 is 5.11 Å². The molecule has 0 bridgehead atoms. The van der Waals surface area contributed by atoms with Crippen molar-refractivity contribution in [1.29, 1.82) is 0 Å². The van der Waals surface area contributed by atoms with E-state index in [0.29, 0.717) is 44.8 Å². The first-order chi connectivity index (χ1) is 15.3. The molecule has 0 aromatic rings. The normalized spacial score (nSPS) is 56.1. The van der Waals surface area contributed by atoms with E-state index in [1.165, 1.54) is 64.2 Å². The molecule has 9 atom stereocenters. The average Bonchev–Trinajstić information content (AvgIpc) is 3.33. The van der Waals surface area contributed by atoms with Gasteiger partial charge in [-0.05, 0) is 134 Å². The maximum Gasteiger partial charge on any atom is 0.309 e. The van der Waals surface area contributed by atoms with Gasteiger partial charge >= 0.3 is 5.97 Å². The van der Waals surface area contributed by atoms with E-state index in [4.69, 9.17) is 0 Å². The third-order valence-electron chi connectivity index (χ3n) is 14.5. The highest BCUT2D eigenvalue weighted by Gasteiger charge is 2.73. The molecule has 0 spiro atoms. The molecular formula is C31H50O2. The summed E-state index contributed by atoms with van der Waals surface area (Å²) < 4.78 is 0. The zero-order valence-corrected chi connectivity index (χ0v) is 22.4. The highest BCUT2D eigenvalue weighted by atomic mass is 16.4. The molecule has 0 heterocycles. The number of hydrogen-bond donors (Lipinski definition) is 1. The van der Waals surface area contributed by atoms with Gasteiger partial charge in [-0.3, -0.25) is 4.79 Å². The second-order valence-electron chi connectivity index (χ2n) is 15.8. The van der Waals surface area contributed by atoms with Gasteiger partial charge in [-0.15, -0.1) is 0 Å². The summed E-state index contributed by atoms with van der Waals surface area (Å²) in [6, 6.07) is 0. The Labute approximate surface area is 203 Å². The van der Waals surface area contributed by atoms with Crippen LogP contribution in [-0.4, -0.2) is 11.1 Å². The molecule has 0 aliphatic heterocycles. The summed E-state index contributed by atoms with van der Waals surface area (Å²) in [6.45, 7) is 15.7. The van der Waals surface area contributed by atoms with Crippen molar-refractivity contribution < 1.29 is 9.90 Å². The van der Waals surface area contributed by atoms with E-state index in [-0.39, 0.29) is 0 Å². The van der Waals surface area contributed by atoms with Crippen LogP contribution in [0.25, 0.3) is 0 Å². The number of hydrogen-bond acceptors (Lipinski definition) is 1. The van der Waals surface area contributed by atoms with E-state index in [1.54, 1.807) is 0 Å². The first-order valence-electron chi connectivity index (χ1n) is 14.6. The molecule has 0 aromatic heterocycles. The van der Waals surface area contributed by atoms with Crippen molar-refractivity contribution in [2.24, 2.45) is 62.1 Å². The number of carboxylic acids is 1. The van der Waals surface area contributed by atoms with Crippen LogP contribution in [0.15, 0.2) is 0 Å². The Balaban J connectivity index is 1.41. The predicted molar refractivity (Wildman–Crippen MR) is 134 cm³/mol. The monoisotopic (exact) mass is 454 g/mol. The Morgan fingerprint density at radius 2 is 1.39 bits per heavy atom. The smallest absolute Gasteiger partial charge is 0.309 e. The van der Waals surface area contributed by atoms with E-state index in [0.717, 1.165) is 31.1 Å². The topological polar surface area (TPSA) is 37.3 Å². The number of aliphatic carboxylic acids is 1. The van der Waals surface area contributed by atoms with Gasteiger partial charge in [0.2, 0.25) is 0 Å². The summed E-state index contributed by atoms with van der Waals surface area (Å²) in [5, 5.41) is 10.6. The molecule has 1 N–H and O–H groups in total. The fourth-order valence-corrected chi connectivity index (χ4v) is 12.4. The molecule has 6 fully saturated rings. The average molecular weight is 455 g/mol. The molecule has 2 nitrogen and oxygen atoms in total. The molecule has 0 amide bonds. The van der Waals surface area contributed by atoms with Crippen molar-refractivity contribution in [3.8, 4) is 0 Å². The molecule has 6 saturated carbocycles. The summed E-state index contributed by atoms with van der Waals surface area (Å²) in [6.07, 6.45) is 16.6. The van der Waals surface area contributed by atoms with Crippen LogP contribution in [0.1, 0.15) is 125 Å². The van der Waals surface area contributed by atoms with Crippen LogP contribution < -0.4 is 0 Å². The van der Waals surface area contributed by atoms with Gasteiger partial charge in [0, 0.05) is 0 Å². The quantitative estimate of drug-likeness (QED) is 0.455. The van der Waals surface area contributed by atoms with Crippen LogP contribution in [0.2, 0.25) is 0 Å². The van der Waals surface area contributed by atoms with Crippen molar-refractivity contribution in [2.75, 3.05) is 0 Å². The van der Waals surface area contributed by atoms with Crippen molar-refractivity contribution in [3.63, 3.8) is 0 Å². The van der Waals surface area contributed by atoms with Crippen LogP contribution in [0.3, 0.4) is 0 Å². The lowest BCUT2D eigenvalue weighted by Gasteiger charge is -2.72. The minimum absolute atomic E-state index is 0.308. The van der Waals surface area contributed by atoms with Crippen molar-refractivity contribution in [3.05, 3.63) is 0 Å². The highest BCUT2D eigenvalue weighted by molar-refractivity contribution is 5.76. The van der Waals surface area contributed by atoms with E-state index in [1.807, 2.05) is 0 Å². The number of fused-ring (bicyclic) bond motifs is 7. The van der Waals surface area contributed by atoms with Crippen LogP contribution in [0, 0.1) is 62.1 Å². The third kappa shape index (κ3) is 2.65. The maximum absolute atomic E-state index is 12.9. The Kier molecular flexibility index (Phi) is 4.59. The van der Waals surface area contributed by atoms with Crippen LogP contribution in [0.5, 0.6) is 0 Å². The summed E-state index contributed by atoms with van der Waals surface area (Å²) >= 11 is 0. The van der Waals surface area contributed by atoms with Gasteiger partial charge in [-0.1, -0.05) is 48.0 Å². The van der Waals surface area contributed by atoms with Gasteiger partial charge in [-0.25, -0.2) is 0 Å². The van der Waals surface area contributed by atoms with Gasteiger partial charge in [0.25, 0.3) is 0 Å². The first kappa shape index (κ1) is 22.9. The van der Waals surface area contributed by atoms with Crippen molar-refractivity contribution in [1.82, 2.24) is 0 Å². The Hall–Kier alpha value is -0.530. The lowest BCUT2D eigenvalue weighted by Crippen LogP contribution is -2.66. The predicted octanol–water partition coefficient (Wildman–Crippen LogP) is 8.34. The largest absolute Gasteiger partial charge is 0.481 e. The molecule has 0 saturated heterocycles. The molecule has 6 rings (SSSR count). The molecule has 6 aliphatic carbocycles. The van der Waals surface area contributed by atoms with Crippen LogP contribution in [-0.2, 0) is 4.79 Å². The Morgan fingerprint density at radius 3 is 2.06 bits per heavy atom. The van der Waals surface area contributed by atoms with E-state index in [2.05, 4.69) is 41.5 Å². The summed E-state index contributed by atoms with van der Waals surface area (Å²) in [5.74, 6) is 2.93. The first-order valence-corrected chi connectivity index (χ1v) is 14.6. The zero-order chi connectivity index (χ0) is 23.7.